The largest absolute Gasteiger partial charge is 0.469 e. The smallest absolute Gasteiger partial charge is 0.313 e. The first-order chi connectivity index (χ1) is 3.95. The molecule has 5 nitrogen and oxygen atoms in total. The summed E-state index contributed by atoms with van der Waals surface area (Å²) in [6.07, 6.45) is -0.844. The van der Waals surface area contributed by atoms with E-state index in [1.807, 2.05) is 0 Å². The number of aliphatic hydroxyl groups is 3. The molecule has 0 aliphatic carbocycles. The zero-order chi connectivity index (χ0) is 7.49. The fraction of sp³-hybridized carbons (Fsp3) is 0.750. The van der Waals surface area contributed by atoms with Crippen LogP contribution < -0.4 is 0 Å². The maximum Gasteiger partial charge on any atom is 0.313 e. The lowest BCUT2D eigenvalue weighted by molar-refractivity contribution is -0.311. The van der Waals surface area contributed by atoms with Crippen LogP contribution in [0.2, 0.25) is 0 Å². The van der Waals surface area contributed by atoms with Crippen molar-refractivity contribution in [3.05, 3.63) is 0 Å². The Morgan fingerprint density at radius 3 is 2.11 bits per heavy atom. The molecule has 0 spiro atoms. The first kappa shape index (κ1) is 8.35. The zero-order valence-corrected chi connectivity index (χ0v) is 4.87. The summed E-state index contributed by atoms with van der Waals surface area (Å²) in [6, 6.07) is 0. The van der Waals surface area contributed by atoms with Gasteiger partial charge in [0.05, 0.1) is 7.11 Å². The van der Waals surface area contributed by atoms with Gasteiger partial charge in [-0.15, -0.1) is 0 Å². The highest BCUT2D eigenvalue weighted by atomic mass is 16.7. The van der Waals surface area contributed by atoms with Crippen molar-refractivity contribution in [2.24, 2.45) is 0 Å². The van der Waals surface area contributed by atoms with Crippen molar-refractivity contribution in [2.45, 2.75) is 12.4 Å². The Morgan fingerprint density at radius 1 is 1.56 bits per heavy atom. The summed E-state index contributed by atoms with van der Waals surface area (Å²) in [5, 5.41) is 24.4. The molecule has 0 bridgehead atoms. The number of carbonyl (C=O) groups excluding carboxylic acids is 1. The minimum atomic E-state index is -2.95. The molecule has 0 heterocycles. The van der Waals surface area contributed by atoms with E-state index in [1.165, 1.54) is 0 Å². The molecule has 54 valence electrons. The minimum absolute atomic E-state index is 0.844. The fourth-order valence-corrected chi connectivity index (χ4v) is 0.266. The van der Waals surface area contributed by atoms with E-state index in [-0.39, 0.29) is 0 Å². The van der Waals surface area contributed by atoms with E-state index in [0.29, 0.717) is 0 Å². The highest BCUT2D eigenvalue weighted by Crippen LogP contribution is 1.99. The number of methoxy groups -OCH3 is 1. The molecule has 0 rings (SSSR count). The second-order valence-electron chi connectivity index (χ2n) is 1.53. The molecular formula is C4H8O5. The molecule has 0 aromatic rings. The molecule has 5 heteroatoms. The van der Waals surface area contributed by atoms with Crippen LogP contribution in [0.15, 0.2) is 0 Å². The Balaban J connectivity index is 3.60. The van der Waals surface area contributed by atoms with Gasteiger partial charge in [0.15, 0.2) is 0 Å². The Labute approximate surface area is 51.5 Å². The van der Waals surface area contributed by atoms with Gasteiger partial charge in [-0.25, -0.2) is 0 Å². The second kappa shape index (κ2) is 2.77. The Kier molecular flexibility index (Phi) is 2.57. The van der Waals surface area contributed by atoms with Gasteiger partial charge in [-0.3, -0.25) is 4.79 Å². The van der Waals surface area contributed by atoms with Crippen molar-refractivity contribution >= 4 is 5.97 Å². The molecule has 0 radical (unpaired) electrons. The van der Waals surface area contributed by atoms with E-state index in [1.54, 1.807) is 0 Å². The lowest BCUT2D eigenvalue weighted by Crippen LogP contribution is -2.30. The van der Waals surface area contributed by atoms with E-state index in [2.05, 4.69) is 4.74 Å². The van der Waals surface area contributed by atoms with E-state index in [9.17, 15) is 4.79 Å². The Bertz CT molecular complexity index is 102. The van der Waals surface area contributed by atoms with Crippen molar-refractivity contribution in [2.75, 3.05) is 7.11 Å². The number of carbonyl (C=O) groups is 1. The maximum atomic E-state index is 10.1. The molecule has 0 atom stereocenters. The highest BCUT2D eigenvalue weighted by Gasteiger charge is 2.23. The van der Waals surface area contributed by atoms with Gasteiger partial charge in [-0.2, -0.15) is 0 Å². The molecule has 0 saturated heterocycles. The molecule has 0 amide bonds. The van der Waals surface area contributed by atoms with Crippen molar-refractivity contribution in [1.82, 2.24) is 0 Å². The molecule has 0 aromatic carbocycles. The summed E-state index contributed by atoms with van der Waals surface area (Å²) in [5.74, 6) is -3.84. The quantitative estimate of drug-likeness (QED) is 0.307. The third-order valence-corrected chi connectivity index (χ3v) is 0.609. The van der Waals surface area contributed by atoms with E-state index in [4.69, 9.17) is 15.3 Å². The summed E-state index contributed by atoms with van der Waals surface area (Å²) < 4.78 is 4.01. The van der Waals surface area contributed by atoms with Crippen LogP contribution in [0.3, 0.4) is 0 Å². The number of esters is 1. The van der Waals surface area contributed by atoms with Crippen LogP contribution in [-0.4, -0.2) is 34.4 Å². The molecule has 0 fully saturated rings. The number of hydrogen-bond donors (Lipinski definition) is 3. The Morgan fingerprint density at radius 2 is 2.00 bits per heavy atom. The molecule has 0 aromatic heterocycles. The van der Waals surface area contributed by atoms with Crippen LogP contribution in [0.25, 0.3) is 0 Å². The third kappa shape index (κ3) is 5.22. The van der Waals surface area contributed by atoms with Crippen LogP contribution in [0.1, 0.15) is 6.42 Å². The zero-order valence-electron chi connectivity index (χ0n) is 4.87. The number of ether oxygens (including phenoxy) is 1. The Hall–Kier alpha value is -0.650. The number of hydrogen-bond acceptors (Lipinski definition) is 5. The van der Waals surface area contributed by atoms with Crippen LogP contribution in [0.4, 0.5) is 0 Å². The van der Waals surface area contributed by atoms with Crippen LogP contribution >= 0.6 is 0 Å². The molecule has 0 aliphatic heterocycles. The topological polar surface area (TPSA) is 87.0 Å². The van der Waals surface area contributed by atoms with E-state index < -0.39 is 18.4 Å². The molecule has 0 saturated carbocycles. The fourth-order valence-electron chi connectivity index (χ4n) is 0.266. The lowest BCUT2D eigenvalue weighted by Gasteiger charge is -2.10. The van der Waals surface area contributed by atoms with Crippen molar-refractivity contribution in [3.63, 3.8) is 0 Å². The monoisotopic (exact) mass is 136 g/mol. The average molecular weight is 136 g/mol. The molecule has 0 unspecified atom stereocenters. The van der Waals surface area contributed by atoms with Gasteiger partial charge in [-0.05, 0) is 0 Å². The van der Waals surface area contributed by atoms with Crippen LogP contribution in [0.5, 0.6) is 0 Å². The molecule has 3 N–H and O–H groups in total. The first-order valence-corrected chi connectivity index (χ1v) is 2.19. The van der Waals surface area contributed by atoms with E-state index >= 15 is 0 Å². The molecule has 9 heavy (non-hydrogen) atoms. The number of rotatable bonds is 2. The molecule has 0 aliphatic rings. The summed E-state index contributed by atoms with van der Waals surface area (Å²) in [7, 11) is 1.08. The summed E-state index contributed by atoms with van der Waals surface area (Å²) in [6.45, 7) is 0. The van der Waals surface area contributed by atoms with Crippen molar-refractivity contribution < 1.29 is 24.9 Å². The van der Waals surface area contributed by atoms with Gasteiger partial charge >= 0.3 is 5.97 Å². The maximum absolute atomic E-state index is 10.1. The highest BCUT2D eigenvalue weighted by molar-refractivity contribution is 5.69. The summed E-state index contributed by atoms with van der Waals surface area (Å²) in [5.41, 5.74) is 0. The van der Waals surface area contributed by atoms with Crippen LogP contribution in [-0.2, 0) is 9.53 Å². The van der Waals surface area contributed by atoms with Crippen molar-refractivity contribution in [1.29, 1.82) is 0 Å². The lowest BCUT2D eigenvalue weighted by atomic mass is 10.4. The third-order valence-electron chi connectivity index (χ3n) is 0.609. The van der Waals surface area contributed by atoms with Crippen molar-refractivity contribution in [3.8, 4) is 0 Å². The van der Waals surface area contributed by atoms with Gasteiger partial charge in [0.25, 0.3) is 5.97 Å². The predicted molar refractivity (Wildman–Crippen MR) is 26.0 cm³/mol. The summed E-state index contributed by atoms with van der Waals surface area (Å²) in [4.78, 5) is 10.1. The minimum Gasteiger partial charge on any atom is -0.469 e. The van der Waals surface area contributed by atoms with Crippen LogP contribution in [0, 0.1) is 0 Å². The average Bonchev–Trinajstić information content (AvgIpc) is 1.62. The predicted octanol–water partition coefficient (Wildman–Crippen LogP) is -1.82. The van der Waals surface area contributed by atoms with Gasteiger partial charge < -0.3 is 20.1 Å². The van der Waals surface area contributed by atoms with Gasteiger partial charge in [0, 0.05) is 0 Å². The second-order valence-corrected chi connectivity index (χ2v) is 1.53. The summed E-state index contributed by atoms with van der Waals surface area (Å²) >= 11 is 0. The van der Waals surface area contributed by atoms with E-state index in [0.717, 1.165) is 7.11 Å². The van der Waals surface area contributed by atoms with Gasteiger partial charge in [0.1, 0.15) is 6.42 Å². The normalized spacial score (nSPS) is 11.1. The van der Waals surface area contributed by atoms with Gasteiger partial charge in [0.2, 0.25) is 0 Å². The first-order valence-electron chi connectivity index (χ1n) is 2.19. The molecular weight excluding hydrogens is 128 g/mol. The standard InChI is InChI=1S/C4H8O5/c1-9-3(5)2-4(6,7)8/h6-8H,2H2,1H3. The SMILES string of the molecule is COC(=O)CC(O)(O)O. The van der Waals surface area contributed by atoms with Gasteiger partial charge in [-0.1, -0.05) is 0 Å².